The maximum absolute atomic E-state index is 13.4. The van der Waals surface area contributed by atoms with E-state index in [1.54, 1.807) is 78.9 Å². The summed E-state index contributed by atoms with van der Waals surface area (Å²) in [5.74, 6) is -1.01. The summed E-state index contributed by atoms with van der Waals surface area (Å²) in [6, 6.07) is 30.6. The van der Waals surface area contributed by atoms with E-state index in [-0.39, 0.29) is 23.9 Å². The molecule has 2 N–H and O–H groups in total. The Hall–Kier alpha value is -4.47. The van der Waals surface area contributed by atoms with Crippen molar-refractivity contribution < 1.29 is 19.2 Å². The first-order valence-corrected chi connectivity index (χ1v) is 15.7. The largest absolute Gasteiger partial charge is 0.321 e. The van der Waals surface area contributed by atoms with E-state index in [1.807, 2.05) is 30.3 Å². The molecule has 222 valence electrons. The lowest BCUT2D eigenvalue weighted by Gasteiger charge is -2.15. The summed E-state index contributed by atoms with van der Waals surface area (Å²) in [6.45, 7) is 4.22. The number of nitrogens with one attached hydrogen (secondary N) is 2. The molecule has 1 saturated heterocycles. The molecule has 0 radical (unpaired) electrons. The fourth-order valence-corrected chi connectivity index (χ4v) is 5.94. The Labute approximate surface area is 268 Å². The van der Waals surface area contributed by atoms with E-state index in [4.69, 9.17) is 0 Å². The Kier molecular flexibility index (Phi) is 9.77. The Morgan fingerprint density at radius 2 is 1.55 bits per heavy atom. The van der Waals surface area contributed by atoms with Crippen molar-refractivity contribution in [3.05, 3.63) is 130 Å². The molecule has 4 aromatic carbocycles. The average molecular weight is 669 g/mol. The molecule has 0 aliphatic carbocycles. The molecule has 1 unspecified atom stereocenters. The summed E-state index contributed by atoms with van der Waals surface area (Å²) in [5, 5.41) is 5.07. The molecule has 0 aromatic heterocycles. The minimum absolute atomic E-state index is 0.0951. The number of amides is 4. The van der Waals surface area contributed by atoms with Gasteiger partial charge in [-0.05, 0) is 83.8 Å². The summed E-state index contributed by atoms with van der Waals surface area (Å²) < 4.78 is 0.861. The van der Waals surface area contributed by atoms with Crippen molar-refractivity contribution in [1.29, 1.82) is 0 Å². The molecule has 1 atom stereocenters. The van der Waals surface area contributed by atoms with Gasteiger partial charge in [0, 0.05) is 27.0 Å². The van der Waals surface area contributed by atoms with Gasteiger partial charge >= 0.3 is 0 Å². The first-order chi connectivity index (χ1) is 21.2. The van der Waals surface area contributed by atoms with E-state index in [9.17, 15) is 19.2 Å². The van der Waals surface area contributed by atoms with Crippen LogP contribution >= 0.6 is 27.7 Å². The molecule has 0 bridgehead atoms. The van der Waals surface area contributed by atoms with E-state index in [1.165, 1.54) is 22.2 Å². The van der Waals surface area contributed by atoms with Gasteiger partial charge in [-0.25, -0.2) is 4.90 Å². The van der Waals surface area contributed by atoms with E-state index in [0.29, 0.717) is 22.9 Å². The van der Waals surface area contributed by atoms with Crippen molar-refractivity contribution in [1.82, 2.24) is 5.32 Å². The fraction of sp³-hybridized carbons (Fsp3) is 0.143. The Morgan fingerprint density at radius 1 is 0.886 bits per heavy atom. The monoisotopic (exact) mass is 667 g/mol. The van der Waals surface area contributed by atoms with Crippen molar-refractivity contribution in [2.45, 2.75) is 36.3 Å². The molecule has 5 rings (SSSR count). The third-order valence-corrected chi connectivity index (χ3v) is 8.75. The molecule has 0 spiro atoms. The normalized spacial score (nSPS) is 15.0. The molecule has 4 amide bonds. The van der Waals surface area contributed by atoms with Gasteiger partial charge in [-0.15, -0.1) is 11.8 Å². The van der Waals surface area contributed by atoms with Gasteiger partial charge in [0.1, 0.15) is 5.70 Å². The highest BCUT2D eigenvalue weighted by Crippen LogP contribution is 2.34. The highest BCUT2D eigenvalue weighted by atomic mass is 79.9. The predicted octanol–water partition coefficient (Wildman–Crippen LogP) is 7.41. The number of hydrogen-bond donors (Lipinski definition) is 2. The van der Waals surface area contributed by atoms with E-state index in [2.05, 4.69) is 40.4 Å². The second-order valence-electron chi connectivity index (χ2n) is 10.5. The zero-order chi connectivity index (χ0) is 31.2. The number of rotatable bonds is 9. The van der Waals surface area contributed by atoms with E-state index >= 15 is 0 Å². The zero-order valence-electron chi connectivity index (χ0n) is 24.1. The van der Waals surface area contributed by atoms with Crippen LogP contribution in [0.5, 0.6) is 0 Å². The van der Waals surface area contributed by atoms with Crippen LogP contribution in [0.15, 0.2) is 118 Å². The van der Waals surface area contributed by atoms with Gasteiger partial charge < -0.3 is 10.6 Å². The lowest BCUT2D eigenvalue weighted by atomic mass is 10.0. The molecule has 1 aliphatic heterocycles. The van der Waals surface area contributed by atoms with Gasteiger partial charge in [0.25, 0.3) is 11.8 Å². The first-order valence-electron chi connectivity index (χ1n) is 14.1. The van der Waals surface area contributed by atoms with E-state index in [0.717, 1.165) is 14.9 Å². The summed E-state index contributed by atoms with van der Waals surface area (Å²) in [4.78, 5) is 54.1. The Bertz CT molecular complexity index is 1700. The number of anilines is 2. The number of carbonyl (C=O) groups is 4. The molecular weight excluding hydrogens is 638 g/mol. The van der Waals surface area contributed by atoms with Crippen LogP contribution in [0.4, 0.5) is 11.4 Å². The highest BCUT2D eigenvalue weighted by Gasteiger charge is 2.40. The van der Waals surface area contributed by atoms with Gasteiger partial charge in [-0.3, -0.25) is 19.2 Å². The third-order valence-electron chi connectivity index (χ3n) is 7.02. The molecule has 44 heavy (non-hydrogen) atoms. The van der Waals surface area contributed by atoms with Crippen LogP contribution in [-0.2, 0) is 14.4 Å². The summed E-state index contributed by atoms with van der Waals surface area (Å²) >= 11 is 4.68. The molecule has 1 fully saturated rings. The van der Waals surface area contributed by atoms with Gasteiger partial charge in [0.2, 0.25) is 11.8 Å². The SMILES string of the molecule is CC(C)c1ccc(/C=C(\NC(=O)c2ccccc2)C(=O)Nc2ccc(SC3CC(=O)N(c4ccc(Br)cc4)C3=O)cc2)cc1. The van der Waals surface area contributed by atoms with Crippen LogP contribution in [0.25, 0.3) is 6.08 Å². The predicted molar refractivity (Wildman–Crippen MR) is 178 cm³/mol. The van der Waals surface area contributed by atoms with Crippen LogP contribution in [0.1, 0.15) is 47.7 Å². The quantitative estimate of drug-likeness (QED) is 0.143. The lowest BCUT2D eigenvalue weighted by Crippen LogP contribution is -2.31. The smallest absolute Gasteiger partial charge is 0.272 e. The highest BCUT2D eigenvalue weighted by molar-refractivity contribution is 9.10. The summed E-state index contributed by atoms with van der Waals surface area (Å²) in [7, 11) is 0. The van der Waals surface area contributed by atoms with E-state index < -0.39 is 17.1 Å². The number of thioether (sulfide) groups is 1. The number of nitrogens with zero attached hydrogens (tertiary/aromatic N) is 1. The number of imide groups is 1. The molecule has 1 aliphatic rings. The topological polar surface area (TPSA) is 95.6 Å². The first kappa shape index (κ1) is 31.0. The third kappa shape index (κ3) is 7.53. The minimum atomic E-state index is -0.545. The maximum atomic E-state index is 13.4. The number of halogens is 1. The van der Waals surface area contributed by atoms with Crippen LogP contribution < -0.4 is 15.5 Å². The Balaban J connectivity index is 1.28. The molecule has 4 aromatic rings. The van der Waals surface area contributed by atoms with Crippen molar-refractivity contribution in [2.75, 3.05) is 10.2 Å². The van der Waals surface area contributed by atoms with Crippen molar-refractivity contribution in [2.24, 2.45) is 0 Å². The maximum Gasteiger partial charge on any atom is 0.272 e. The van der Waals surface area contributed by atoms with Crippen molar-refractivity contribution >= 4 is 68.8 Å². The van der Waals surface area contributed by atoms with Crippen LogP contribution in [0.3, 0.4) is 0 Å². The Morgan fingerprint density at radius 3 is 2.18 bits per heavy atom. The zero-order valence-corrected chi connectivity index (χ0v) is 26.5. The minimum Gasteiger partial charge on any atom is -0.321 e. The van der Waals surface area contributed by atoms with Crippen molar-refractivity contribution in [3.8, 4) is 0 Å². The number of hydrogen-bond acceptors (Lipinski definition) is 5. The van der Waals surface area contributed by atoms with Gasteiger partial charge in [0.05, 0.1) is 10.9 Å². The van der Waals surface area contributed by atoms with Gasteiger partial charge in [0.15, 0.2) is 0 Å². The lowest BCUT2D eigenvalue weighted by molar-refractivity contribution is -0.121. The van der Waals surface area contributed by atoms with Gasteiger partial charge in [-0.1, -0.05) is 72.2 Å². The summed E-state index contributed by atoms with van der Waals surface area (Å²) in [6.07, 6.45) is 1.75. The van der Waals surface area contributed by atoms with Crippen molar-refractivity contribution in [3.63, 3.8) is 0 Å². The van der Waals surface area contributed by atoms with Crippen LogP contribution in [0.2, 0.25) is 0 Å². The molecule has 1 heterocycles. The summed E-state index contributed by atoms with van der Waals surface area (Å²) in [5.41, 5.74) is 3.53. The molecule has 7 nitrogen and oxygen atoms in total. The van der Waals surface area contributed by atoms with Crippen LogP contribution in [0, 0.1) is 0 Å². The van der Waals surface area contributed by atoms with Crippen LogP contribution in [-0.4, -0.2) is 28.9 Å². The molecular formula is C35H30BrN3O4S. The standard InChI is InChI=1S/C35H30BrN3O4S/c1-22(2)24-10-8-23(9-11-24)20-30(38-33(41)25-6-4-3-5-7-25)34(42)37-27-14-18-29(19-15-27)44-31-21-32(40)39(35(31)43)28-16-12-26(36)13-17-28/h3-20,22,31H,21H2,1-2H3,(H,37,42)(H,38,41)/b30-20-. The average Bonchev–Trinajstić information content (AvgIpc) is 3.30. The van der Waals surface area contributed by atoms with Gasteiger partial charge in [-0.2, -0.15) is 0 Å². The second-order valence-corrected chi connectivity index (χ2v) is 12.7. The second kappa shape index (κ2) is 13.9. The number of carbonyl (C=O) groups excluding carboxylic acids is 4. The number of benzene rings is 4. The fourth-order valence-electron chi connectivity index (χ4n) is 4.62. The molecule has 0 saturated carbocycles. The molecule has 9 heteroatoms.